The van der Waals surface area contributed by atoms with Crippen LogP contribution in [0.1, 0.15) is 31.5 Å². The van der Waals surface area contributed by atoms with Crippen LogP contribution in [0.3, 0.4) is 0 Å². The number of amides is 1. The van der Waals surface area contributed by atoms with Crippen LogP contribution in [0.2, 0.25) is 0 Å². The number of aryl methyl sites for hydroxylation is 1. The molecule has 0 atom stereocenters. The molecule has 10 nitrogen and oxygen atoms in total. The smallest absolute Gasteiger partial charge is 0.433 e. The number of halogens is 3. The normalized spacial score (nSPS) is 14.6. The fourth-order valence-electron chi connectivity index (χ4n) is 4.32. The summed E-state index contributed by atoms with van der Waals surface area (Å²) in [7, 11) is 1.75. The molecule has 4 heterocycles. The third-order valence-electron chi connectivity index (χ3n) is 6.04. The second-order valence-electron chi connectivity index (χ2n) is 8.77. The van der Waals surface area contributed by atoms with Gasteiger partial charge in [0.1, 0.15) is 23.0 Å². The lowest BCUT2D eigenvalue weighted by atomic mass is 10.1. The third-order valence-corrected chi connectivity index (χ3v) is 6.04. The Morgan fingerprint density at radius 2 is 1.86 bits per heavy atom. The highest BCUT2D eigenvalue weighted by molar-refractivity contribution is 5.87. The zero-order chi connectivity index (χ0) is 26.2. The first kappa shape index (κ1) is 24.6. The van der Waals surface area contributed by atoms with Crippen molar-refractivity contribution >= 4 is 34.5 Å². The minimum absolute atomic E-state index is 0.0722. The number of hydrogen-bond acceptors (Lipinski definition) is 7. The molecular formula is C24H25F3N8O2. The van der Waals surface area contributed by atoms with Gasteiger partial charge in [0, 0.05) is 38.4 Å². The largest absolute Gasteiger partial charge is 0.457 e. The molecular weight excluding hydrogens is 489 g/mol. The number of nitrogens with zero attached hydrogens (tertiary/aromatic N) is 5. The van der Waals surface area contributed by atoms with E-state index in [1.54, 1.807) is 41.9 Å². The van der Waals surface area contributed by atoms with E-state index in [0.717, 1.165) is 10.7 Å². The van der Waals surface area contributed by atoms with Crippen molar-refractivity contribution in [2.45, 2.75) is 32.0 Å². The molecule has 0 radical (unpaired) electrons. The Kier molecular flexibility index (Phi) is 6.46. The zero-order valence-electron chi connectivity index (χ0n) is 20.1. The molecule has 1 aliphatic heterocycles. The lowest BCUT2D eigenvalue weighted by Gasteiger charge is -2.25. The predicted octanol–water partition coefficient (Wildman–Crippen LogP) is 4.60. The van der Waals surface area contributed by atoms with Crippen molar-refractivity contribution in [3.05, 3.63) is 48.3 Å². The molecule has 3 N–H and O–H groups in total. The number of alkyl halides is 3. The lowest BCUT2D eigenvalue weighted by molar-refractivity contribution is -0.145. The van der Waals surface area contributed by atoms with Crippen LogP contribution in [0.15, 0.2) is 42.6 Å². The van der Waals surface area contributed by atoms with Crippen molar-refractivity contribution < 1.29 is 22.7 Å². The number of aromatic nitrogens is 5. The molecule has 0 spiro atoms. The molecule has 0 aliphatic carbocycles. The van der Waals surface area contributed by atoms with E-state index in [9.17, 15) is 18.0 Å². The average molecular weight is 515 g/mol. The minimum Gasteiger partial charge on any atom is -0.457 e. The van der Waals surface area contributed by atoms with E-state index in [-0.39, 0.29) is 17.8 Å². The van der Waals surface area contributed by atoms with E-state index >= 15 is 0 Å². The summed E-state index contributed by atoms with van der Waals surface area (Å²) >= 11 is 0. The number of pyridine rings is 1. The number of carbonyl (C=O) groups excluding carboxylic acids is 1. The third kappa shape index (κ3) is 5.35. The Hall–Kier alpha value is -4.13. The maximum atomic E-state index is 13.7. The Bertz CT molecular complexity index is 1440. The number of carbonyl (C=O) groups is 1. The van der Waals surface area contributed by atoms with Gasteiger partial charge in [-0.25, -0.2) is 9.97 Å². The van der Waals surface area contributed by atoms with Crippen molar-refractivity contribution in [2.24, 2.45) is 7.05 Å². The molecule has 1 amide bonds. The summed E-state index contributed by atoms with van der Waals surface area (Å²) in [5.41, 5.74) is 0.539. The number of fused-ring (bicyclic) bond motifs is 1. The van der Waals surface area contributed by atoms with Gasteiger partial charge in [-0.15, -0.1) is 0 Å². The van der Waals surface area contributed by atoms with Crippen molar-refractivity contribution in [3.8, 4) is 11.5 Å². The van der Waals surface area contributed by atoms with Gasteiger partial charge in [0.05, 0.1) is 17.1 Å². The first-order valence-electron chi connectivity index (χ1n) is 11.7. The summed E-state index contributed by atoms with van der Waals surface area (Å²) in [6.07, 6.45) is -1.86. The average Bonchev–Trinajstić information content (AvgIpc) is 3.41. The summed E-state index contributed by atoms with van der Waals surface area (Å²) in [6, 6.07) is 9.19. The SMILES string of the molecule is CC(=O)Nc1cc(Oc2ccc3nc(Nc4cc(C(F)(F)F)n(C5CCNCC5)n4)n(C)c3c2)ccn1. The van der Waals surface area contributed by atoms with Gasteiger partial charge >= 0.3 is 6.18 Å². The van der Waals surface area contributed by atoms with Crippen molar-refractivity contribution in [3.63, 3.8) is 0 Å². The Morgan fingerprint density at radius 1 is 1.11 bits per heavy atom. The number of benzene rings is 1. The summed E-state index contributed by atoms with van der Waals surface area (Å²) < 4.78 is 50.0. The van der Waals surface area contributed by atoms with Gasteiger partial charge in [-0.1, -0.05) is 0 Å². The van der Waals surface area contributed by atoms with Gasteiger partial charge in [0.15, 0.2) is 5.82 Å². The summed E-state index contributed by atoms with van der Waals surface area (Å²) in [5.74, 6) is 1.51. The van der Waals surface area contributed by atoms with Crippen LogP contribution >= 0.6 is 0 Å². The van der Waals surface area contributed by atoms with Crippen molar-refractivity contribution in [2.75, 3.05) is 23.7 Å². The molecule has 0 unspecified atom stereocenters. The fourth-order valence-corrected chi connectivity index (χ4v) is 4.32. The van der Waals surface area contributed by atoms with Gasteiger partial charge in [0.25, 0.3) is 0 Å². The Balaban J connectivity index is 1.40. The number of ether oxygens (including phenoxy) is 1. The highest BCUT2D eigenvalue weighted by Gasteiger charge is 2.38. The number of hydrogen-bond donors (Lipinski definition) is 3. The number of piperidine rings is 1. The molecule has 0 bridgehead atoms. The molecule has 37 heavy (non-hydrogen) atoms. The van der Waals surface area contributed by atoms with E-state index in [1.165, 1.54) is 13.1 Å². The molecule has 1 saturated heterocycles. The fraction of sp³-hybridized carbons (Fsp3) is 0.333. The van der Waals surface area contributed by atoms with Gasteiger partial charge < -0.3 is 25.3 Å². The molecule has 1 aliphatic rings. The van der Waals surface area contributed by atoms with Crippen LogP contribution in [0.5, 0.6) is 11.5 Å². The summed E-state index contributed by atoms with van der Waals surface area (Å²) in [6.45, 7) is 2.68. The minimum atomic E-state index is -4.52. The Labute approximate surface area is 209 Å². The van der Waals surface area contributed by atoms with E-state index in [1.807, 2.05) is 0 Å². The van der Waals surface area contributed by atoms with E-state index in [4.69, 9.17) is 4.74 Å². The van der Waals surface area contributed by atoms with Gasteiger partial charge in [0.2, 0.25) is 11.9 Å². The first-order chi connectivity index (χ1) is 17.7. The predicted molar refractivity (Wildman–Crippen MR) is 131 cm³/mol. The number of imidazole rings is 1. The standard InChI is InChI=1S/C24H25F3N8O2/c1-14(36)30-21-12-17(7-10-29-21)37-16-3-4-18-19(11-16)34(2)23(31-18)32-22-13-20(24(25,26)27)35(33-22)15-5-8-28-9-6-15/h3-4,7,10-13,15,28H,5-6,8-9H2,1-2H3,(H,29,30,36)(H,31,32,33). The second-order valence-corrected chi connectivity index (χ2v) is 8.77. The van der Waals surface area contributed by atoms with E-state index in [2.05, 4.69) is 31.0 Å². The molecule has 13 heteroatoms. The Morgan fingerprint density at radius 3 is 2.59 bits per heavy atom. The quantitative estimate of drug-likeness (QED) is 0.345. The van der Waals surface area contributed by atoms with Crippen LogP contribution in [0.25, 0.3) is 11.0 Å². The van der Waals surface area contributed by atoms with Gasteiger partial charge in [-0.3, -0.25) is 9.48 Å². The molecule has 0 saturated carbocycles. The highest BCUT2D eigenvalue weighted by atomic mass is 19.4. The van der Waals surface area contributed by atoms with E-state index < -0.39 is 11.9 Å². The highest BCUT2D eigenvalue weighted by Crippen LogP contribution is 2.35. The molecule has 5 rings (SSSR count). The molecule has 194 valence electrons. The number of nitrogens with one attached hydrogen (secondary N) is 3. The zero-order valence-corrected chi connectivity index (χ0v) is 20.1. The van der Waals surface area contributed by atoms with Crippen molar-refractivity contribution in [1.29, 1.82) is 0 Å². The lowest BCUT2D eigenvalue weighted by Crippen LogP contribution is -2.31. The van der Waals surface area contributed by atoms with Crippen LogP contribution in [0.4, 0.5) is 30.8 Å². The number of rotatable bonds is 6. The maximum absolute atomic E-state index is 13.7. The van der Waals surface area contributed by atoms with Crippen LogP contribution in [-0.4, -0.2) is 43.3 Å². The van der Waals surface area contributed by atoms with Crippen LogP contribution in [0, 0.1) is 0 Å². The van der Waals surface area contributed by atoms with Gasteiger partial charge in [-0.05, 0) is 44.1 Å². The van der Waals surface area contributed by atoms with Crippen molar-refractivity contribution in [1.82, 2.24) is 29.6 Å². The van der Waals surface area contributed by atoms with Crippen LogP contribution in [-0.2, 0) is 18.0 Å². The van der Waals surface area contributed by atoms with Crippen LogP contribution < -0.4 is 20.7 Å². The molecule has 4 aromatic rings. The van der Waals surface area contributed by atoms with E-state index in [0.29, 0.717) is 60.2 Å². The molecule has 3 aromatic heterocycles. The monoisotopic (exact) mass is 514 g/mol. The first-order valence-corrected chi connectivity index (χ1v) is 11.7. The molecule has 1 fully saturated rings. The number of anilines is 3. The molecule has 1 aromatic carbocycles. The topological polar surface area (TPSA) is 111 Å². The van der Waals surface area contributed by atoms with Gasteiger partial charge in [-0.2, -0.15) is 18.3 Å². The summed E-state index contributed by atoms with van der Waals surface area (Å²) in [5, 5.41) is 13.0. The maximum Gasteiger partial charge on any atom is 0.433 e. The summed E-state index contributed by atoms with van der Waals surface area (Å²) in [4.78, 5) is 19.9. The second kappa shape index (κ2) is 9.73.